The van der Waals surface area contributed by atoms with E-state index in [0.717, 1.165) is 17.0 Å². The van der Waals surface area contributed by atoms with E-state index in [-0.39, 0.29) is 23.8 Å². The Morgan fingerprint density at radius 2 is 1.96 bits per heavy atom. The van der Waals surface area contributed by atoms with Crippen molar-refractivity contribution >= 4 is 15.7 Å². The zero-order valence-corrected chi connectivity index (χ0v) is 16.5. The third-order valence-electron chi connectivity index (χ3n) is 4.14. The second-order valence-corrected chi connectivity index (χ2v) is 7.82. The van der Waals surface area contributed by atoms with Crippen LogP contribution in [-0.2, 0) is 14.8 Å². The van der Waals surface area contributed by atoms with Crippen LogP contribution >= 0.6 is 0 Å². The molecule has 8 nitrogen and oxygen atoms in total. The van der Waals surface area contributed by atoms with Crippen molar-refractivity contribution in [2.75, 3.05) is 27.4 Å². The summed E-state index contributed by atoms with van der Waals surface area (Å²) in [6, 6.07) is 6.94. The molecular weight excluding hydrogens is 368 g/mol. The van der Waals surface area contributed by atoms with Crippen LogP contribution in [0.5, 0.6) is 5.75 Å². The summed E-state index contributed by atoms with van der Waals surface area (Å²) in [5.74, 6) is 0.264. The topological polar surface area (TPSA) is 94.8 Å². The molecule has 3 aromatic rings. The molecule has 0 bridgehead atoms. The predicted molar refractivity (Wildman–Crippen MR) is 102 cm³/mol. The fourth-order valence-corrected chi connectivity index (χ4v) is 4.09. The van der Waals surface area contributed by atoms with Gasteiger partial charge < -0.3 is 9.47 Å². The Kier molecular flexibility index (Phi) is 5.45. The number of fused-ring (bicyclic) bond motifs is 1. The molecule has 0 aliphatic rings. The van der Waals surface area contributed by atoms with Crippen LogP contribution in [-0.4, -0.2) is 50.4 Å². The third kappa shape index (κ3) is 3.80. The van der Waals surface area contributed by atoms with Crippen molar-refractivity contribution in [3.63, 3.8) is 0 Å². The van der Waals surface area contributed by atoms with E-state index in [4.69, 9.17) is 9.47 Å². The first kappa shape index (κ1) is 19.3. The molecule has 1 aromatic carbocycles. The molecule has 9 heteroatoms. The molecular formula is C18H22N4O4S. The first-order valence-corrected chi connectivity index (χ1v) is 9.84. The maximum absolute atomic E-state index is 12.7. The van der Waals surface area contributed by atoms with Crippen molar-refractivity contribution < 1.29 is 17.9 Å². The number of benzene rings is 1. The summed E-state index contributed by atoms with van der Waals surface area (Å²) < 4.78 is 39.8. The average Bonchev–Trinajstić information content (AvgIpc) is 3.05. The number of hydrogen-bond donors (Lipinski definition) is 1. The van der Waals surface area contributed by atoms with Gasteiger partial charge in [0.15, 0.2) is 5.65 Å². The number of sulfonamides is 1. The molecule has 2 aromatic heterocycles. The summed E-state index contributed by atoms with van der Waals surface area (Å²) >= 11 is 0. The van der Waals surface area contributed by atoms with Crippen LogP contribution < -0.4 is 9.46 Å². The maximum atomic E-state index is 12.7. The molecule has 27 heavy (non-hydrogen) atoms. The Morgan fingerprint density at radius 1 is 1.19 bits per heavy atom. The lowest BCUT2D eigenvalue weighted by Crippen LogP contribution is -2.27. The number of hydrogen-bond acceptors (Lipinski definition) is 6. The molecule has 0 atom stereocenters. The standard InChI is InChI=1S/C18H22N4O4S/c1-12-9-13(2)22-18(21-12)15(11-19-22)14-5-6-16(26-4)17(10-14)27(23,24)20-7-8-25-3/h5-6,9-11,20H,7-8H2,1-4H3. The molecule has 0 radical (unpaired) electrons. The van der Waals surface area contributed by atoms with Gasteiger partial charge in [-0.05, 0) is 37.6 Å². The van der Waals surface area contributed by atoms with Crippen LogP contribution in [0.15, 0.2) is 35.4 Å². The quantitative estimate of drug-likeness (QED) is 0.620. The highest BCUT2D eigenvalue weighted by Crippen LogP contribution is 2.31. The molecule has 0 aliphatic heterocycles. The van der Waals surface area contributed by atoms with E-state index in [0.29, 0.717) is 11.2 Å². The minimum absolute atomic E-state index is 0.0577. The second-order valence-electron chi connectivity index (χ2n) is 6.09. The molecule has 0 saturated heterocycles. The molecule has 0 saturated carbocycles. The van der Waals surface area contributed by atoms with Crippen molar-refractivity contribution in [3.8, 4) is 16.9 Å². The van der Waals surface area contributed by atoms with E-state index < -0.39 is 10.0 Å². The molecule has 0 amide bonds. The van der Waals surface area contributed by atoms with Gasteiger partial charge in [-0.25, -0.2) is 22.6 Å². The summed E-state index contributed by atoms with van der Waals surface area (Å²) in [7, 11) is -0.812. The van der Waals surface area contributed by atoms with Gasteiger partial charge in [-0.2, -0.15) is 5.10 Å². The van der Waals surface area contributed by atoms with Crippen LogP contribution in [0.4, 0.5) is 0 Å². The lowest BCUT2D eigenvalue weighted by Gasteiger charge is -2.12. The van der Waals surface area contributed by atoms with Gasteiger partial charge in [0.05, 0.1) is 19.9 Å². The van der Waals surface area contributed by atoms with Gasteiger partial charge in [0.25, 0.3) is 0 Å². The highest BCUT2D eigenvalue weighted by Gasteiger charge is 2.21. The average molecular weight is 390 g/mol. The number of nitrogens with one attached hydrogen (secondary N) is 1. The zero-order valence-electron chi connectivity index (χ0n) is 15.7. The van der Waals surface area contributed by atoms with Gasteiger partial charge in [-0.1, -0.05) is 6.07 Å². The Balaban J connectivity index is 2.11. The summed E-state index contributed by atoms with van der Waals surface area (Å²) in [6.45, 7) is 4.30. The van der Waals surface area contributed by atoms with E-state index in [2.05, 4.69) is 14.8 Å². The number of nitrogens with zero attached hydrogens (tertiary/aromatic N) is 3. The fraction of sp³-hybridized carbons (Fsp3) is 0.333. The third-order valence-corrected chi connectivity index (χ3v) is 5.62. The number of aromatic nitrogens is 3. The fourth-order valence-electron chi connectivity index (χ4n) is 2.88. The number of ether oxygens (including phenoxy) is 2. The molecule has 0 spiro atoms. The first-order chi connectivity index (χ1) is 12.9. The summed E-state index contributed by atoms with van der Waals surface area (Å²) in [5.41, 5.74) is 3.93. The van der Waals surface area contributed by atoms with Crippen LogP contribution in [0, 0.1) is 13.8 Å². The van der Waals surface area contributed by atoms with Gasteiger partial charge in [0.2, 0.25) is 10.0 Å². The van der Waals surface area contributed by atoms with Crippen LogP contribution in [0.2, 0.25) is 0 Å². The minimum atomic E-state index is -3.76. The highest BCUT2D eigenvalue weighted by molar-refractivity contribution is 7.89. The van der Waals surface area contributed by atoms with Crippen molar-refractivity contribution in [1.82, 2.24) is 19.3 Å². The van der Waals surface area contributed by atoms with Crippen LogP contribution in [0.1, 0.15) is 11.4 Å². The summed E-state index contributed by atoms with van der Waals surface area (Å²) in [6.07, 6.45) is 1.69. The van der Waals surface area contributed by atoms with E-state index >= 15 is 0 Å². The van der Waals surface area contributed by atoms with Gasteiger partial charge >= 0.3 is 0 Å². The number of aryl methyl sites for hydroxylation is 2. The van der Waals surface area contributed by atoms with Crippen molar-refractivity contribution in [2.45, 2.75) is 18.7 Å². The van der Waals surface area contributed by atoms with Crippen LogP contribution in [0.25, 0.3) is 16.8 Å². The number of methoxy groups -OCH3 is 2. The van der Waals surface area contributed by atoms with Gasteiger partial charge in [0, 0.05) is 30.6 Å². The SMILES string of the molecule is COCCNS(=O)(=O)c1cc(-c2cnn3c(C)cc(C)nc23)ccc1OC. The first-order valence-electron chi connectivity index (χ1n) is 8.36. The van der Waals surface area contributed by atoms with Gasteiger partial charge in [-0.3, -0.25) is 0 Å². The zero-order chi connectivity index (χ0) is 19.6. The smallest absolute Gasteiger partial charge is 0.244 e. The molecule has 0 fully saturated rings. The minimum Gasteiger partial charge on any atom is -0.495 e. The van der Waals surface area contributed by atoms with Gasteiger partial charge in [-0.15, -0.1) is 0 Å². The van der Waals surface area contributed by atoms with E-state index in [1.54, 1.807) is 28.9 Å². The monoisotopic (exact) mass is 390 g/mol. The molecule has 0 aliphatic carbocycles. The van der Waals surface area contributed by atoms with E-state index in [1.807, 2.05) is 19.9 Å². The normalized spacial score (nSPS) is 11.9. The Bertz CT molecular complexity index is 1080. The summed E-state index contributed by atoms with van der Waals surface area (Å²) in [5, 5.41) is 4.37. The van der Waals surface area contributed by atoms with E-state index in [1.165, 1.54) is 14.2 Å². The molecule has 1 N–H and O–H groups in total. The second kappa shape index (κ2) is 7.63. The lowest BCUT2D eigenvalue weighted by molar-refractivity contribution is 0.204. The van der Waals surface area contributed by atoms with Crippen molar-refractivity contribution in [1.29, 1.82) is 0 Å². The molecule has 3 rings (SSSR count). The van der Waals surface area contributed by atoms with Crippen molar-refractivity contribution in [3.05, 3.63) is 41.9 Å². The molecule has 144 valence electrons. The van der Waals surface area contributed by atoms with Gasteiger partial charge in [0.1, 0.15) is 10.6 Å². The highest BCUT2D eigenvalue weighted by atomic mass is 32.2. The largest absolute Gasteiger partial charge is 0.495 e. The van der Waals surface area contributed by atoms with Crippen molar-refractivity contribution in [2.24, 2.45) is 0 Å². The summed E-state index contributed by atoms with van der Waals surface area (Å²) in [4.78, 5) is 4.61. The Morgan fingerprint density at radius 3 is 2.67 bits per heavy atom. The number of rotatable bonds is 7. The lowest BCUT2D eigenvalue weighted by atomic mass is 10.1. The Labute approximate surface area is 158 Å². The molecule has 0 unspecified atom stereocenters. The Hall–Kier alpha value is -2.49. The van der Waals surface area contributed by atoms with Crippen LogP contribution in [0.3, 0.4) is 0 Å². The maximum Gasteiger partial charge on any atom is 0.244 e. The molecule has 2 heterocycles. The van der Waals surface area contributed by atoms with E-state index in [9.17, 15) is 8.42 Å². The predicted octanol–water partition coefficient (Wildman–Crippen LogP) is 1.95.